The summed E-state index contributed by atoms with van der Waals surface area (Å²) in [6, 6.07) is 9.15. The Balaban J connectivity index is 2.11. The molecule has 8 heteroatoms. The predicted octanol–water partition coefficient (Wildman–Crippen LogP) is 2.48. The van der Waals surface area contributed by atoms with Crippen molar-refractivity contribution in [2.24, 2.45) is 5.73 Å². The number of rotatable bonds is 5. The summed E-state index contributed by atoms with van der Waals surface area (Å²) in [5, 5.41) is 13.1. The van der Waals surface area contributed by atoms with Crippen LogP contribution in [0.25, 0.3) is 6.08 Å². The van der Waals surface area contributed by atoms with E-state index in [1.165, 1.54) is 30.3 Å². The Morgan fingerprint density at radius 3 is 2.62 bits per heavy atom. The standard InChI is InChI=1S/C16H12FN3O4/c17-14-6-5-11(9-13(14)16(18)22)19-15(21)7-4-10-2-1-3-12(8-10)20(23)24/h1-9H,(H2,18,22)(H,19,21)/b7-4+. The van der Waals surface area contributed by atoms with Crippen LogP contribution in [0.15, 0.2) is 48.5 Å². The van der Waals surface area contributed by atoms with E-state index in [0.29, 0.717) is 5.56 Å². The molecular weight excluding hydrogens is 317 g/mol. The minimum Gasteiger partial charge on any atom is -0.366 e. The van der Waals surface area contributed by atoms with Crippen LogP contribution in [0.4, 0.5) is 15.8 Å². The van der Waals surface area contributed by atoms with Gasteiger partial charge in [0.1, 0.15) is 5.82 Å². The molecule has 2 aromatic carbocycles. The van der Waals surface area contributed by atoms with Crippen LogP contribution in [0.3, 0.4) is 0 Å². The van der Waals surface area contributed by atoms with Crippen LogP contribution >= 0.6 is 0 Å². The van der Waals surface area contributed by atoms with E-state index in [1.54, 1.807) is 6.07 Å². The molecule has 7 nitrogen and oxygen atoms in total. The van der Waals surface area contributed by atoms with E-state index in [2.05, 4.69) is 5.32 Å². The summed E-state index contributed by atoms with van der Waals surface area (Å²) in [7, 11) is 0. The van der Waals surface area contributed by atoms with Crippen LogP contribution in [0, 0.1) is 15.9 Å². The van der Waals surface area contributed by atoms with Gasteiger partial charge in [-0.2, -0.15) is 0 Å². The van der Waals surface area contributed by atoms with Gasteiger partial charge in [-0.15, -0.1) is 0 Å². The van der Waals surface area contributed by atoms with Gasteiger partial charge in [0.05, 0.1) is 10.5 Å². The minimum atomic E-state index is -0.948. The van der Waals surface area contributed by atoms with Crippen LogP contribution in [-0.2, 0) is 4.79 Å². The predicted molar refractivity (Wildman–Crippen MR) is 85.7 cm³/mol. The third kappa shape index (κ3) is 4.23. The highest BCUT2D eigenvalue weighted by molar-refractivity contribution is 6.03. The Kier molecular flexibility index (Phi) is 5.00. The number of primary amides is 1. The van der Waals surface area contributed by atoms with Gasteiger partial charge in [-0.05, 0) is 29.8 Å². The molecule has 0 bridgehead atoms. The fraction of sp³-hybridized carbons (Fsp3) is 0. The lowest BCUT2D eigenvalue weighted by Crippen LogP contribution is -2.14. The van der Waals surface area contributed by atoms with Gasteiger partial charge >= 0.3 is 0 Å². The van der Waals surface area contributed by atoms with E-state index in [4.69, 9.17) is 5.73 Å². The number of non-ortho nitro benzene ring substituents is 1. The summed E-state index contributed by atoms with van der Waals surface area (Å²) in [5.41, 5.74) is 5.26. The number of carbonyl (C=O) groups is 2. The molecule has 0 heterocycles. The monoisotopic (exact) mass is 329 g/mol. The van der Waals surface area contributed by atoms with Gasteiger partial charge < -0.3 is 11.1 Å². The van der Waals surface area contributed by atoms with Crippen LogP contribution in [0.2, 0.25) is 0 Å². The smallest absolute Gasteiger partial charge is 0.270 e. The Hall–Kier alpha value is -3.55. The van der Waals surface area contributed by atoms with Crippen molar-refractivity contribution in [1.29, 1.82) is 0 Å². The van der Waals surface area contributed by atoms with Crippen LogP contribution in [0.5, 0.6) is 0 Å². The second-order valence-electron chi connectivity index (χ2n) is 4.73. The summed E-state index contributed by atoms with van der Waals surface area (Å²) >= 11 is 0. The van der Waals surface area contributed by atoms with Crippen molar-refractivity contribution < 1.29 is 18.9 Å². The molecule has 0 aliphatic carbocycles. The number of halogens is 1. The number of hydrogen-bond acceptors (Lipinski definition) is 4. The fourth-order valence-electron chi connectivity index (χ4n) is 1.89. The third-order valence-corrected chi connectivity index (χ3v) is 3.01. The third-order valence-electron chi connectivity index (χ3n) is 3.01. The molecule has 0 radical (unpaired) electrons. The van der Waals surface area contributed by atoms with E-state index in [-0.39, 0.29) is 16.9 Å². The molecule has 2 rings (SSSR count). The Labute approximate surface area is 135 Å². The molecule has 122 valence electrons. The van der Waals surface area contributed by atoms with Crippen molar-refractivity contribution in [3.8, 4) is 0 Å². The van der Waals surface area contributed by atoms with Crippen LogP contribution < -0.4 is 11.1 Å². The van der Waals surface area contributed by atoms with Crippen molar-refractivity contribution in [2.75, 3.05) is 5.32 Å². The number of nitro groups is 1. The van der Waals surface area contributed by atoms with E-state index in [9.17, 15) is 24.1 Å². The van der Waals surface area contributed by atoms with Gasteiger partial charge in [-0.25, -0.2) is 4.39 Å². The zero-order valence-electron chi connectivity index (χ0n) is 12.2. The van der Waals surface area contributed by atoms with Gasteiger partial charge in [0.15, 0.2) is 0 Å². The normalized spacial score (nSPS) is 10.5. The molecule has 0 atom stereocenters. The molecule has 0 unspecified atom stereocenters. The zero-order valence-corrected chi connectivity index (χ0v) is 12.2. The highest BCUT2D eigenvalue weighted by Crippen LogP contribution is 2.16. The van der Waals surface area contributed by atoms with E-state index in [1.807, 2.05) is 0 Å². The number of carbonyl (C=O) groups excluding carboxylic acids is 2. The summed E-state index contributed by atoms with van der Waals surface area (Å²) in [5.74, 6) is -2.29. The fourth-order valence-corrected chi connectivity index (χ4v) is 1.89. The topological polar surface area (TPSA) is 115 Å². The van der Waals surface area contributed by atoms with Crippen molar-refractivity contribution in [3.05, 3.63) is 75.6 Å². The maximum absolute atomic E-state index is 13.3. The lowest BCUT2D eigenvalue weighted by Gasteiger charge is -2.04. The number of nitrogens with two attached hydrogens (primary N) is 1. The average molecular weight is 329 g/mol. The van der Waals surface area contributed by atoms with E-state index in [0.717, 1.165) is 18.2 Å². The molecule has 0 saturated heterocycles. The lowest BCUT2D eigenvalue weighted by molar-refractivity contribution is -0.384. The van der Waals surface area contributed by atoms with Crippen molar-refractivity contribution in [2.45, 2.75) is 0 Å². The molecule has 2 amide bonds. The number of anilines is 1. The molecule has 0 fully saturated rings. The Bertz CT molecular complexity index is 849. The maximum atomic E-state index is 13.3. The Morgan fingerprint density at radius 2 is 1.96 bits per heavy atom. The molecule has 0 aliphatic rings. The molecule has 0 spiro atoms. The molecule has 24 heavy (non-hydrogen) atoms. The van der Waals surface area contributed by atoms with Gasteiger partial charge in [-0.1, -0.05) is 12.1 Å². The van der Waals surface area contributed by atoms with Gasteiger partial charge in [-0.3, -0.25) is 19.7 Å². The first kappa shape index (κ1) is 16.8. The largest absolute Gasteiger partial charge is 0.366 e. The number of nitro benzene ring substituents is 1. The first-order chi connectivity index (χ1) is 11.4. The molecule has 3 N–H and O–H groups in total. The Morgan fingerprint density at radius 1 is 1.21 bits per heavy atom. The van der Waals surface area contributed by atoms with Gasteiger partial charge in [0.2, 0.25) is 5.91 Å². The summed E-state index contributed by atoms with van der Waals surface area (Å²) in [4.78, 5) is 33.0. The van der Waals surface area contributed by atoms with Crippen LogP contribution in [0.1, 0.15) is 15.9 Å². The van der Waals surface area contributed by atoms with E-state index < -0.39 is 22.6 Å². The number of hydrogen-bond donors (Lipinski definition) is 2. The molecular formula is C16H12FN3O4. The van der Waals surface area contributed by atoms with Gasteiger partial charge in [0, 0.05) is 23.9 Å². The van der Waals surface area contributed by atoms with Crippen molar-refractivity contribution in [1.82, 2.24) is 0 Å². The SMILES string of the molecule is NC(=O)c1cc(NC(=O)/C=C/c2cccc([N+](=O)[O-])c2)ccc1F. The zero-order chi connectivity index (χ0) is 17.7. The minimum absolute atomic E-state index is 0.0952. The quantitative estimate of drug-likeness (QED) is 0.498. The highest BCUT2D eigenvalue weighted by atomic mass is 19.1. The number of nitrogens with zero attached hydrogens (tertiary/aromatic N) is 1. The molecule has 0 aliphatic heterocycles. The second kappa shape index (κ2) is 7.14. The molecule has 2 aromatic rings. The molecule has 0 saturated carbocycles. The first-order valence-electron chi connectivity index (χ1n) is 6.69. The number of amides is 2. The summed E-state index contributed by atoms with van der Waals surface area (Å²) in [6.45, 7) is 0. The van der Waals surface area contributed by atoms with Crippen molar-refractivity contribution >= 4 is 29.3 Å². The maximum Gasteiger partial charge on any atom is 0.270 e. The lowest BCUT2D eigenvalue weighted by atomic mass is 10.1. The summed E-state index contributed by atoms with van der Waals surface area (Å²) in [6.07, 6.45) is 2.55. The number of nitrogens with one attached hydrogen (secondary N) is 1. The average Bonchev–Trinajstić information content (AvgIpc) is 2.54. The molecule has 0 aromatic heterocycles. The van der Waals surface area contributed by atoms with Crippen molar-refractivity contribution in [3.63, 3.8) is 0 Å². The highest BCUT2D eigenvalue weighted by Gasteiger charge is 2.10. The summed E-state index contributed by atoms with van der Waals surface area (Å²) < 4.78 is 13.3. The number of benzene rings is 2. The second-order valence-corrected chi connectivity index (χ2v) is 4.73. The van der Waals surface area contributed by atoms with Crippen LogP contribution in [-0.4, -0.2) is 16.7 Å². The first-order valence-corrected chi connectivity index (χ1v) is 6.69. The van der Waals surface area contributed by atoms with Gasteiger partial charge in [0.25, 0.3) is 11.6 Å². The van der Waals surface area contributed by atoms with E-state index >= 15 is 0 Å².